The van der Waals surface area contributed by atoms with E-state index in [0.717, 1.165) is 23.3 Å². The van der Waals surface area contributed by atoms with Crippen LogP contribution in [0.25, 0.3) is 0 Å². The topological polar surface area (TPSA) is 125 Å². The van der Waals surface area contributed by atoms with E-state index in [0.29, 0.717) is 29.7 Å². The number of ether oxygens (including phenoxy) is 2. The molecule has 3 atom stereocenters. The standard InChI is InChI=1S/C30H36N2O7/c1-30(29(37)31-2,26(35)20-39-27-6-4-5-19-38-27)32(3)28(36)24-15-11-22(12-16-24)8-7-21-9-13-23(14-10-21)25(34)17-18-33/h9-16,25,27,33-34H,4-6,17-20H2,1-3H3,(H,31,37)/t25-,27?,30+/m0/s1. The first-order chi connectivity index (χ1) is 18.7. The smallest absolute Gasteiger partial charge is 0.254 e. The van der Waals surface area contributed by atoms with Crippen molar-refractivity contribution in [3.05, 3.63) is 70.8 Å². The number of Topliss-reactive ketones (excluding diaryl/α,β-unsaturated/α-hetero) is 1. The molecule has 0 radical (unpaired) electrons. The number of nitrogens with one attached hydrogen (secondary N) is 1. The summed E-state index contributed by atoms with van der Waals surface area (Å²) in [6.07, 6.45) is 1.60. The maximum absolute atomic E-state index is 13.3. The van der Waals surface area contributed by atoms with Crippen molar-refractivity contribution in [2.45, 2.75) is 50.5 Å². The van der Waals surface area contributed by atoms with Crippen molar-refractivity contribution in [3.63, 3.8) is 0 Å². The summed E-state index contributed by atoms with van der Waals surface area (Å²) in [5.74, 6) is 4.40. The zero-order valence-electron chi connectivity index (χ0n) is 22.6. The number of carbonyl (C=O) groups excluding carboxylic acids is 3. The lowest BCUT2D eigenvalue weighted by molar-refractivity contribution is -0.174. The van der Waals surface area contributed by atoms with Gasteiger partial charge in [0.25, 0.3) is 11.8 Å². The van der Waals surface area contributed by atoms with E-state index in [1.807, 2.05) is 0 Å². The fourth-order valence-electron chi connectivity index (χ4n) is 4.18. The van der Waals surface area contributed by atoms with Gasteiger partial charge in [0.1, 0.15) is 6.61 Å². The molecule has 2 aromatic carbocycles. The van der Waals surface area contributed by atoms with Crippen LogP contribution in [0, 0.1) is 11.8 Å². The molecule has 1 fully saturated rings. The van der Waals surface area contributed by atoms with E-state index < -0.39 is 35.5 Å². The number of hydrogen-bond acceptors (Lipinski definition) is 7. The summed E-state index contributed by atoms with van der Waals surface area (Å²) in [5.41, 5.74) is 0.637. The van der Waals surface area contributed by atoms with Gasteiger partial charge < -0.3 is 29.9 Å². The summed E-state index contributed by atoms with van der Waals surface area (Å²) in [7, 11) is 2.83. The Balaban J connectivity index is 1.69. The minimum atomic E-state index is -1.78. The number of hydrogen-bond donors (Lipinski definition) is 3. The lowest BCUT2D eigenvalue weighted by Crippen LogP contribution is -2.62. The third-order valence-electron chi connectivity index (χ3n) is 6.91. The van der Waals surface area contributed by atoms with Gasteiger partial charge >= 0.3 is 0 Å². The van der Waals surface area contributed by atoms with Crippen molar-refractivity contribution in [2.24, 2.45) is 0 Å². The molecule has 2 aromatic rings. The van der Waals surface area contributed by atoms with Gasteiger partial charge in [-0.05, 0) is 68.1 Å². The molecule has 0 bridgehead atoms. The van der Waals surface area contributed by atoms with Crippen LogP contribution >= 0.6 is 0 Å². The van der Waals surface area contributed by atoms with Crippen molar-refractivity contribution in [2.75, 3.05) is 33.9 Å². The van der Waals surface area contributed by atoms with Gasteiger partial charge in [0, 0.05) is 50.4 Å². The molecule has 3 N–H and O–H groups in total. The lowest BCUT2D eigenvalue weighted by Gasteiger charge is -2.36. The van der Waals surface area contributed by atoms with Crippen LogP contribution in [-0.2, 0) is 19.1 Å². The molecule has 3 rings (SSSR count). The highest BCUT2D eigenvalue weighted by Gasteiger charge is 2.46. The minimum absolute atomic E-state index is 0.0946. The molecule has 9 nitrogen and oxygen atoms in total. The van der Waals surface area contributed by atoms with Gasteiger partial charge in [0.2, 0.25) is 0 Å². The van der Waals surface area contributed by atoms with Crippen LogP contribution in [-0.4, -0.2) is 78.5 Å². The van der Waals surface area contributed by atoms with Crippen LogP contribution in [0.4, 0.5) is 0 Å². The first kappa shape index (κ1) is 30.0. The zero-order chi connectivity index (χ0) is 28.4. The summed E-state index contributed by atoms with van der Waals surface area (Å²) < 4.78 is 11.1. The molecule has 1 unspecified atom stereocenters. The maximum atomic E-state index is 13.3. The Hall–Kier alpha value is -3.55. The van der Waals surface area contributed by atoms with E-state index in [1.54, 1.807) is 48.5 Å². The lowest BCUT2D eigenvalue weighted by atomic mass is 9.92. The highest BCUT2D eigenvalue weighted by molar-refractivity contribution is 6.14. The van der Waals surface area contributed by atoms with Gasteiger partial charge in [0.15, 0.2) is 17.6 Å². The van der Waals surface area contributed by atoms with Crippen molar-refractivity contribution >= 4 is 17.6 Å². The van der Waals surface area contributed by atoms with Gasteiger partial charge in [-0.15, -0.1) is 0 Å². The summed E-state index contributed by atoms with van der Waals surface area (Å²) in [6, 6.07) is 13.7. The summed E-state index contributed by atoms with van der Waals surface area (Å²) >= 11 is 0. The molecule has 1 aliphatic heterocycles. The second kappa shape index (κ2) is 14.0. The fourth-order valence-corrected chi connectivity index (χ4v) is 4.18. The number of likely N-dealkylation sites (N-methyl/N-ethyl adjacent to an activating group) is 2. The zero-order valence-corrected chi connectivity index (χ0v) is 22.6. The van der Waals surface area contributed by atoms with Gasteiger partial charge in [0.05, 0.1) is 6.10 Å². The first-order valence-electron chi connectivity index (χ1n) is 13.0. The van der Waals surface area contributed by atoms with E-state index in [-0.39, 0.29) is 19.6 Å². The molecule has 9 heteroatoms. The van der Waals surface area contributed by atoms with E-state index in [4.69, 9.17) is 14.6 Å². The average molecular weight is 537 g/mol. The van der Waals surface area contributed by atoms with Crippen LogP contribution in [0.15, 0.2) is 48.5 Å². The van der Waals surface area contributed by atoms with Crippen LogP contribution < -0.4 is 5.32 Å². The number of carbonyl (C=O) groups is 3. The maximum Gasteiger partial charge on any atom is 0.254 e. The van der Waals surface area contributed by atoms with Crippen LogP contribution in [0.1, 0.15) is 65.8 Å². The molecule has 0 aromatic heterocycles. The molecule has 208 valence electrons. The minimum Gasteiger partial charge on any atom is -0.396 e. The number of ketones is 1. The third kappa shape index (κ3) is 7.52. The summed E-state index contributed by atoms with van der Waals surface area (Å²) in [5, 5.41) is 21.4. The number of nitrogens with zero attached hydrogens (tertiary/aromatic N) is 1. The largest absolute Gasteiger partial charge is 0.396 e. The number of aliphatic hydroxyl groups excluding tert-OH is 2. The molecule has 0 aliphatic carbocycles. The molecule has 2 amide bonds. The quantitative estimate of drug-likeness (QED) is 0.314. The SMILES string of the molecule is CNC(=O)[C@@](C)(C(=O)COC1CCCCO1)N(C)C(=O)c1ccc(C#Cc2ccc([C@@H](O)CCO)cc2)cc1. The van der Waals surface area contributed by atoms with E-state index in [2.05, 4.69) is 17.2 Å². The average Bonchev–Trinajstić information content (AvgIpc) is 2.98. The predicted molar refractivity (Wildman–Crippen MR) is 145 cm³/mol. The molecular weight excluding hydrogens is 500 g/mol. The second-order valence-electron chi connectivity index (χ2n) is 9.52. The van der Waals surface area contributed by atoms with E-state index in [1.165, 1.54) is 21.0 Å². The third-order valence-corrected chi connectivity index (χ3v) is 6.91. The predicted octanol–water partition coefficient (Wildman–Crippen LogP) is 2.19. The molecule has 1 aliphatic rings. The Morgan fingerprint density at radius 3 is 2.26 bits per heavy atom. The Morgan fingerprint density at radius 1 is 1.10 bits per heavy atom. The highest BCUT2D eigenvalue weighted by Crippen LogP contribution is 2.21. The molecule has 1 heterocycles. The Bertz CT molecular complexity index is 1190. The van der Waals surface area contributed by atoms with Crippen molar-refractivity contribution < 1.29 is 34.1 Å². The summed E-state index contributed by atoms with van der Waals surface area (Å²) in [6.45, 7) is 1.52. The van der Waals surface area contributed by atoms with E-state index in [9.17, 15) is 19.5 Å². The molecule has 0 saturated carbocycles. The highest BCUT2D eigenvalue weighted by atomic mass is 16.7. The Kier molecular flexibility index (Phi) is 10.8. The van der Waals surface area contributed by atoms with Gasteiger partial charge in [-0.3, -0.25) is 14.4 Å². The van der Waals surface area contributed by atoms with Crippen molar-refractivity contribution in [3.8, 4) is 11.8 Å². The van der Waals surface area contributed by atoms with Crippen LogP contribution in [0.5, 0.6) is 0 Å². The Morgan fingerprint density at radius 2 is 1.72 bits per heavy atom. The Labute approximate surface area is 229 Å². The van der Waals surface area contributed by atoms with Crippen LogP contribution in [0.2, 0.25) is 0 Å². The van der Waals surface area contributed by atoms with Crippen molar-refractivity contribution in [1.29, 1.82) is 0 Å². The second-order valence-corrected chi connectivity index (χ2v) is 9.52. The number of aliphatic hydroxyl groups is 2. The van der Waals surface area contributed by atoms with E-state index >= 15 is 0 Å². The molecule has 0 spiro atoms. The van der Waals surface area contributed by atoms with Gasteiger partial charge in [-0.2, -0.15) is 0 Å². The van der Waals surface area contributed by atoms with Crippen LogP contribution in [0.3, 0.4) is 0 Å². The molecular formula is C30H36N2O7. The molecule has 1 saturated heterocycles. The van der Waals surface area contributed by atoms with Gasteiger partial charge in [-0.25, -0.2) is 0 Å². The number of amides is 2. The fraction of sp³-hybridized carbons (Fsp3) is 0.433. The first-order valence-corrected chi connectivity index (χ1v) is 13.0. The summed E-state index contributed by atoms with van der Waals surface area (Å²) in [4.78, 5) is 40.4. The van der Waals surface area contributed by atoms with Gasteiger partial charge in [-0.1, -0.05) is 24.0 Å². The normalized spacial score (nSPS) is 17.2. The van der Waals surface area contributed by atoms with Crippen molar-refractivity contribution in [1.82, 2.24) is 10.2 Å². The monoisotopic (exact) mass is 536 g/mol. The number of rotatable bonds is 10. The molecule has 39 heavy (non-hydrogen) atoms. The number of benzene rings is 2.